The van der Waals surface area contributed by atoms with E-state index in [9.17, 15) is 22.4 Å². The van der Waals surface area contributed by atoms with E-state index in [0.717, 1.165) is 21.2 Å². The van der Waals surface area contributed by atoms with E-state index in [4.69, 9.17) is 4.74 Å². The summed E-state index contributed by atoms with van der Waals surface area (Å²) in [6.45, 7) is 2.66. The van der Waals surface area contributed by atoms with Crippen LogP contribution in [0.4, 0.5) is 14.3 Å². The number of hydrogen-bond acceptors (Lipinski definition) is 9. The zero-order valence-corrected chi connectivity index (χ0v) is 23.7. The molecule has 2 amide bonds. The number of anilines is 1. The molecule has 40 heavy (non-hydrogen) atoms. The van der Waals surface area contributed by atoms with E-state index in [1.54, 1.807) is 6.92 Å². The number of aromatic nitrogens is 1. The molecule has 3 heterocycles. The summed E-state index contributed by atoms with van der Waals surface area (Å²) in [5.41, 5.74) is 0.717. The van der Waals surface area contributed by atoms with Gasteiger partial charge in [0.1, 0.15) is 5.82 Å². The van der Waals surface area contributed by atoms with E-state index >= 15 is 0 Å². The van der Waals surface area contributed by atoms with Gasteiger partial charge in [-0.05, 0) is 60.8 Å². The highest BCUT2D eigenvalue weighted by molar-refractivity contribution is 7.89. The summed E-state index contributed by atoms with van der Waals surface area (Å²) in [4.78, 5) is 32.3. The minimum atomic E-state index is -3.84. The Kier molecular flexibility index (Phi) is 8.21. The van der Waals surface area contributed by atoms with Crippen LogP contribution in [0.5, 0.6) is 0 Å². The van der Waals surface area contributed by atoms with Crippen LogP contribution < -0.4 is 5.01 Å². The molecule has 208 valence electrons. The number of carbonyl (C=O) groups is 2. The van der Waals surface area contributed by atoms with Crippen LogP contribution in [-0.4, -0.2) is 73.6 Å². The van der Waals surface area contributed by atoms with Crippen LogP contribution in [0.15, 0.2) is 70.0 Å². The van der Waals surface area contributed by atoms with Gasteiger partial charge in [0.25, 0.3) is 5.91 Å². The highest BCUT2D eigenvalue weighted by atomic mass is 32.2. The Labute approximate surface area is 238 Å². The second-order valence-corrected chi connectivity index (χ2v) is 12.5. The average Bonchev–Trinajstić information content (AvgIpc) is 3.63. The molecule has 1 aliphatic heterocycles. The molecule has 0 radical (unpaired) electrons. The number of amides is 2. The molecule has 0 unspecified atom stereocenters. The minimum absolute atomic E-state index is 0.0257. The first-order valence-electron chi connectivity index (χ1n) is 12.3. The van der Waals surface area contributed by atoms with Crippen molar-refractivity contribution in [1.82, 2.24) is 14.2 Å². The predicted molar refractivity (Wildman–Crippen MR) is 152 cm³/mol. The van der Waals surface area contributed by atoms with E-state index in [1.165, 1.54) is 69.2 Å². The number of carbonyl (C=O) groups excluding carboxylic acids is 2. The quantitative estimate of drug-likeness (QED) is 0.225. The lowest BCUT2D eigenvalue weighted by atomic mass is 10.2. The molecule has 0 saturated carbocycles. The molecular weight excluding hydrogens is 578 g/mol. The van der Waals surface area contributed by atoms with E-state index < -0.39 is 27.8 Å². The van der Waals surface area contributed by atoms with Crippen molar-refractivity contribution in [3.05, 3.63) is 76.2 Å². The Morgan fingerprint density at radius 3 is 2.55 bits per heavy atom. The lowest BCUT2D eigenvalue weighted by molar-refractivity contribution is 0.0933. The van der Waals surface area contributed by atoms with Gasteiger partial charge in [-0.25, -0.2) is 22.6 Å². The number of rotatable bonds is 7. The molecule has 0 spiro atoms. The van der Waals surface area contributed by atoms with Crippen molar-refractivity contribution in [3.63, 3.8) is 0 Å². The SMILES string of the molecule is CCOC(=O)N1CCN(S(=O)(=O)c2ccc(C(=O)N(/N=C/c3cccs3)c3nc4ccc(F)cc4s3)cc2)CC1. The zero-order valence-electron chi connectivity index (χ0n) is 21.3. The van der Waals surface area contributed by atoms with Gasteiger partial charge in [-0.3, -0.25) is 4.79 Å². The lowest BCUT2D eigenvalue weighted by Gasteiger charge is -2.33. The fourth-order valence-corrected chi connectivity index (χ4v) is 6.96. The van der Waals surface area contributed by atoms with E-state index in [-0.39, 0.29) is 48.4 Å². The van der Waals surface area contributed by atoms with Crippen molar-refractivity contribution in [2.75, 3.05) is 37.8 Å². The number of hydrazone groups is 1. The third-order valence-corrected chi connectivity index (χ3v) is 9.77. The number of hydrogen-bond donors (Lipinski definition) is 0. The Morgan fingerprint density at radius 2 is 1.88 bits per heavy atom. The predicted octanol–water partition coefficient (Wildman–Crippen LogP) is 4.64. The molecule has 1 fully saturated rings. The van der Waals surface area contributed by atoms with Crippen molar-refractivity contribution in [2.45, 2.75) is 11.8 Å². The van der Waals surface area contributed by atoms with Gasteiger partial charge in [0.15, 0.2) is 0 Å². The summed E-state index contributed by atoms with van der Waals surface area (Å²) in [6, 6.07) is 13.4. The molecule has 10 nitrogen and oxygen atoms in total. The van der Waals surface area contributed by atoms with Crippen LogP contribution in [-0.2, 0) is 14.8 Å². The highest BCUT2D eigenvalue weighted by Crippen LogP contribution is 2.31. The first-order chi connectivity index (χ1) is 19.3. The first-order valence-corrected chi connectivity index (χ1v) is 15.4. The molecule has 1 aliphatic rings. The maximum atomic E-state index is 13.8. The van der Waals surface area contributed by atoms with Gasteiger partial charge >= 0.3 is 6.09 Å². The normalized spacial score (nSPS) is 14.6. The minimum Gasteiger partial charge on any atom is -0.450 e. The molecular formula is C26H24FN5O5S3. The molecule has 5 rings (SSSR count). The maximum absolute atomic E-state index is 13.8. The molecule has 2 aromatic carbocycles. The number of thiazole rings is 1. The van der Waals surface area contributed by atoms with Crippen LogP contribution in [0.25, 0.3) is 10.2 Å². The van der Waals surface area contributed by atoms with Crippen LogP contribution in [0.2, 0.25) is 0 Å². The molecule has 2 aromatic heterocycles. The van der Waals surface area contributed by atoms with E-state index in [2.05, 4.69) is 10.1 Å². The zero-order chi connectivity index (χ0) is 28.3. The average molecular weight is 602 g/mol. The fourth-order valence-electron chi connectivity index (χ4n) is 4.01. The summed E-state index contributed by atoms with van der Waals surface area (Å²) < 4.78 is 47.0. The van der Waals surface area contributed by atoms with Gasteiger partial charge < -0.3 is 9.64 Å². The summed E-state index contributed by atoms with van der Waals surface area (Å²) >= 11 is 2.56. The van der Waals surface area contributed by atoms with Crippen LogP contribution in [0.1, 0.15) is 22.2 Å². The third kappa shape index (κ3) is 5.89. The van der Waals surface area contributed by atoms with Crippen LogP contribution in [0, 0.1) is 5.82 Å². The van der Waals surface area contributed by atoms with Gasteiger partial charge in [-0.2, -0.15) is 14.4 Å². The number of piperazine rings is 1. The molecule has 4 aromatic rings. The van der Waals surface area contributed by atoms with Gasteiger partial charge in [0.05, 0.1) is 27.9 Å². The van der Waals surface area contributed by atoms with Crippen LogP contribution in [0.3, 0.4) is 0 Å². The van der Waals surface area contributed by atoms with Gasteiger partial charge in [-0.1, -0.05) is 17.4 Å². The van der Waals surface area contributed by atoms with Crippen molar-refractivity contribution < 1.29 is 27.1 Å². The van der Waals surface area contributed by atoms with Crippen molar-refractivity contribution >= 4 is 66.3 Å². The number of benzene rings is 2. The van der Waals surface area contributed by atoms with Crippen molar-refractivity contribution in [3.8, 4) is 0 Å². The highest BCUT2D eigenvalue weighted by Gasteiger charge is 2.31. The molecule has 0 atom stereocenters. The summed E-state index contributed by atoms with van der Waals surface area (Å²) in [5, 5.41) is 7.61. The van der Waals surface area contributed by atoms with Crippen molar-refractivity contribution in [1.29, 1.82) is 0 Å². The number of ether oxygens (including phenoxy) is 1. The smallest absolute Gasteiger partial charge is 0.409 e. The van der Waals surface area contributed by atoms with E-state index in [1.807, 2.05) is 17.5 Å². The van der Waals surface area contributed by atoms with Gasteiger partial charge in [-0.15, -0.1) is 11.3 Å². The largest absolute Gasteiger partial charge is 0.450 e. The van der Waals surface area contributed by atoms with Crippen molar-refractivity contribution in [2.24, 2.45) is 5.10 Å². The Morgan fingerprint density at radius 1 is 1.12 bits per heavy atom. The maximum Gasteiger partial charge on any atom is 0.409 e. The fraction of sp³-hybridized carbons (Fsp3) is 0.231. The number of halogens is 1. The van der Waals surface area contributed by atoms with Crippen LogP contribution >= 0.6 is 22.7 Å². The summed E-state index contributed by atoms with van der Waals surface area (Å²) in [6.07, 6.45) is 1.07. The Hall–Kier alpha value is -3.72. The standard InChI is InChI=1S/C26H24FN5O5S3/c1-2-37-26(34)30-11-13-31(14-12-30)40(35,36)21-8-5-18(6-9-21)24(33)32(28-17-20-4-3-15-38-20)25-29-22-10-7-19(27)16-23(22)39-25/h3-10,15-17H,2,11-14H2,1H3/b28-17+. The summed E-state index contributed by atoms with van der Waals surface area (Å²) in [7, 11) is -3.84. The Balaban J connectivity index is 1.37. The molecule has 0 aliphatic carbocycles. The molecule has 0 N–H and O–H groups in total. The molecule has 14 heteroatoms. The number of sulfonamides is 1. The first kappa shape index (κ1) is 27.8. The number of fused-ring (bicyclic) bond motifs is 1. The monoisotopic (exact) mass is 601 g/mol. The Bertz CT molecular complexity index is 1650. The second kappa shape index (κ2) is 11.8. The summed E-state index contributed by atoms with van der Waals surface area (Å²) in [5.74, 6) is -0.943. The second-order valence-electron chi connectivity index (χ2n) is 8.60. The third-order valence-electron chi connectivity index (χ3n) is 6.06. The number of nitrogens with zero attached hydrogens (tertiary/aromatic N) is 5. The van der Waals surface area contributed by atoms with Gasteiger partial charge in [0, 0.05) is 36.6 Å². The number of thiophene rings is 1. The van der Waals surface area contributed by atoms with Gasteiger partial charge in [0.2, 0.25) is 15.2 Å². The molecule has 0 bridgehead atoms. The van der Waals surface area contributed by atoms with E-state index in [0.29, 0.717) is 10.2 Å². The molecule has 1 saturated heterocycles. The lowest BCUT2D eigenvalue weighted by Crippen LogP contribution is -2.50. The topological polar surface area (TPSA) is 112 Å².